The van der Waals surface area contributed by atoms with Crippen molar-refractivity contribution in [2.45, 2.75) is 17.4 Å². The molecule has 3 heterocycles. The average Bonchev–Trinajstić information content (AvgIpc) is 3.25. The van der Waals surface area contributed by atoms with Crippen LogP contribution in [0.2, 0.25) is 0 Å². The highest BCUT2D eigenvalue weighted by Gasteiger charge is 2.36. The van der Waals surface area contributed by atoms with Crippen LogP contribution in [0.3, 0.4) is 0 Å². The zero-order valence-corrected chi connectivity index (χ0v) is 14.4. The van der Waals surface area contributed by atoms with E-state index in [1.165, 1.54) is 23.7 Å². The molecule has 1 unspecified atom stereocenters. The second kappa shape index (κ2) is 6.83. The standard InChI is InChI=1S/C14H15N3O5S2/c1-21-14(18)13-11(5-8-23-13)24(19,20)17-7-4-10(9-17)22-12-3-2-6-15-16-12/h2-3,5-6,8,10H,4,7,9H2,1H3. The van der Waals surface area contributed by atoms with Gasteiger partial charge < -0.3 is 9.47 Å². The number of hydrogen-bond donors (Lipinski definition) is 0. The first-order valence-corrected chi connectivity index (χ1v) is 9.44. The fourth-order valence-corrected chi connectivity index (χ4v) is 5.21. The number of carbonyl (C=O) groups is 1. The Hall–Kier alpha value is -2.04. The number of methoxy groups -OCH3 is 1. The fraction of sp³-hybridized carbons (Fsp3) is 0.357. The molecule has 0 N–H and O–H groups in total. The van der Waals surface area contributed by atoms with Gasteiger partial charge in [-0.1, -0.05) is 0 Å². The normalized spacial score (nSPS) is 18.5. The lowest BCUT2D eigenvalue weighted by atomic mass is 10.3. The van der Waals surface area contributed by atoms with Gasteiger partial charge in [0, 0.05) is 18.8 Å². The highest BCUT2D eigenvalue weighted by Crippen LogP contribution is 2.29. The molecule has 24 heavy (non-hydrogen) atoms. The van der Waals surface area contributed by atoms with Gasteiger partial charge in [-0.2, -0.15) is 9.40 Å². The molecule has 0 aliphatic carbocycles. The fourth-order valence-electron chi connectivity index (χ4n) is 2.41. The second-order valence-corrected chi connectivity index (χ2v) is 7.88. The molecule has 1 atom stereocenters. The van der Waals surface area contributed by atoms with E-state index in [0.29, 0.717) is 18.8 Å². The number of nitrogens with zero attached hydrogens (tertiary/aromatic N) is 3. The minimum Gasteiger partial charge on any atom is -0.472 e. The first-order chi connectivity index (χ1) is 11.5. The zero-order valence-electron chi connectivity index (χ0n) is 12.8. The Balaban J connectivity index is 1.75. The van der Waals surface area contributed by atoms with Crippen molar-refractivity contribution >= 4 is 27.3 Å². The first kappa shape index (κ1) is 16.8. The van der Waals surface area contributed by atoms with Gasteiger partial charge >= 0.3 is 5.97 Å². The van der Waals surface area contributed by atoms with E-state index in [1.807, 2.05) is 0 Å². The van der Waals surface area contributed by atoms with Crippen molar-refractivity contribution in [3.8, 4) is 5.88 Å². The number of thiophene rings is 1. The zero-order chi connectivity index (χ0) is 17.2. The third kappa shape index (κ3) is 3.25. The molecule has 128 valence electrons. The Bertz CT molecular complexity index is 822. The Morgan fingerprint density at radius 1 is 1.42 bits per heavy atom. The van der Waals surface area contributed by atoms with Gasteiger partial charge in [0.25, 0.3) is 0 Å². The number of aromatic nitrogens is 2. The van der Waals surface area contributed by atoms with Gasteiger partial charge in [0.05, 0.1) is 13.7 Å². The number of sulfonamides is 1. The van der Waals surface area contributed by atoms with E-state index in [0.717, 1.165) is 11.3 Å². The molecular weight excluding hydrogens is 354 g/mol. The molecule has 2 aromatic rings. The molecule has 1 saturated heterocycles. The van der Waals surface area contributed by atoms with Crippen LogP contribution in [0.25, 0.3) is 0 Å². The summed E-state index contributed by atoms with van der Waals surface area (Å²) < 4.78 is 37.2. The maximum absolute atomic E-state index is 12.8. The van der Waals surface area contributed by atoms with Gasteiger partial charge in [-0.05, 0) is 23.9 Å². The van der Waals surface area contributed by atoms with Gasteiger partial charge in [-0.15, -0.1) is 16.4 Å². The summed E-state index contributed by atoms with van der Waals surface area (Å²) in [4.78, 5) is 11.8. The SMILES string of the molecule is COC(=O)c1sccc1S(=O)(=O)N1CCC(Oc2cccnn2)C1. The number of rotatable bonds is 5. The summed E-state index contributed by atoms with van der Waals surface area (Å²) in [6.07, 6.45) is 1.76. The molecule has 0 saturated carbocycles. The van der Waals surface area contributed by atoms with Crippen LogP contribution in [-0.2, 0) is 14.8 Å². The summed E-state index contributed by atoms with van der Waals surface area (Å²) in [5, 5.41) is 9.11. The van der Waals surface area contributed by atoms with Crippen LogP contribution in [-0.4, -0.2) is 55.2 Å². The van der Waals surface area contributed by atoms with E-state index >= 15 is 0 Å². The summed E-state index contributed by atoms with van der Waals surface area (Å²) >= 11 is 1.04. The van der Waals surface area contributed by atoms with Crippen LogP contribution >= 0.6 is 11.3 Å². The number of hydrogen-bond acceptors (Lipinski definition) is 8. The van der Waals surface area contributed by atoms with E-state index < -0.39 is 16.0 Å². The predicted molar refractivity (Wildman–Crippen MR) is 85.5 cm³/mol. The Labute approximate surface area is 143 Å². The van der Waals surface area contributed by atoms with Crippen molar-refractivity contribution in [3.05, 3.63) is 34.7 Å². The van der Waals surface area contributed by atoms with E-state index in [9.17, 15) is 13.2 Å². The summed E-state index contributed by atoms with van der Waals surface area (Å²) in [5.74, 6) is -0.303. The predicted octanol–water partition coefficient (Wildman–Crippen LogP) is 1.17. The topological polar surface area (TPSA) is 98.7 Å². The Morgan fingerprint density at radius 3 is 2.96 bits per heavy atom. The lowest BCUT2D eigenvalue weighted by Crippen LogP contribution is -2.31. The molecule has 0 spiro atoms. The number of esters is 1. The Morgan fingerprint density at radius 2 is 2.25 bits per heavy atom. The average molecular weight is 369 g/mol. The molecule has 10 heteroatoms. The van der Waals surface area contributed by atoms with E-state index in [2.05, 4.69) is 14.9 Å². The van der Waals surface area contributed by atoms with Crippen molar-refractivity contribution < 1.29 is 22.7 Å². The van der Waals surface area contributed by atoms with Crippen molar-refractivity contribution in [1.82, 2.24) is 14.5 Å². The third-order valence-corrected chi connectivity index (χ3v) is 6.49. The monoisotopic (exact) mass is 369 g/mol. The quantitative estimate of drug-likeness (QED) is 0.730. The lowest BCUT2D eigenvalue weighted by Gasteiger charge is -2.16. The van der Waals surface area contributed by atoms with Gasteiger partial charge in [0.2, 0.25) is 15.9 Å². The molecule has 3 rings (SSSR count). The van der Waals surface area contributed by atoms with Crippen molar-refractivity contribution in [2.75, 3.05) is 20.2 Å². The first-order valence-electron chi connectivity index (χ1n) is 7.12. The molecule has 8 nitrogen and oxygen atoms in total. The molecule has 1 aliphatic heterocycles. The van der Waals surface area contributed by atoms with E-state index in [1.54, 1.807) is 17.5 Å². The van der Waals surface area contributed by atoms with Crippen molar-refractivity contribution in [3.63, 3.8) is 0 Å². The molecule has 0 aromatic carbocycles. The highest BCUT2D eigenvalue weighted by molar-refractivity contribution is 7.89. The summed E-state index contributed by atoms with van der Waals surface area (Å²) in [6, 6.07) is 4.78. The number of ether oxygens (including phenoxy) is 2. The van der Waals surface area contributed by atoms with Crippen LogP contribution in [0.1, 0.15) is 16.1 Å². The molecule has 0 amide bonds. The van der Waals surface area contributed by atoms with Gasteiger partial charge in [-0.3, -0.25) is 0 Å². The van der Waals surface area contributed by atoms with Crippen LogP contribution < -0.4 is 4.74 Å². The largest absolute Gasteiger partial charge is 0.472 e. The van der Waals surface area contributed by atoms with Crippen LogP contribution in [0.5, 0.6) is 5.88 Å². The van der Waals surface area contributed by atoms with Crippen molar-refractivity contribution in [2.24, 2.45) is 0 Å². The van der Waals surface area contributed by atoms with Crippen molar-refractivity contribution in [1.29, 1.82) is 0 Å². The summed E-state index contributed by atoms with van der Waals surface area (Å²) in [6.45, 7) is 0.499. The maximum atomic E-state index is 12.8. The molecule has 2 aromatic heterocycles. The molecule has 1 fully saturated rings. The smallest absolute Gasteiger partial charge is 0.349 e. The van der Waals surface area contributed by atoms with Gasteiger partial charge in [-0.25, -0.2) is 13.2 Å². The molecular formula is C14H15N3O5S2. The van der Waals surface area contributed by atoms with Gasteiger partial charge in [0.15, 0.2) is 0 Å². The Kier molecular flexibility index (Phi) is 4.78. The summed E-state index contributed by atoms with van der Waals surface area (Å²) in [7, 11) is -2.56. The van der Waals surface area contributed by atoms with Crippen LogP contribution in [0.4, 0.5) is 0 Å². The van der Waals surface area contributed by atoms with Crippen LogP contribution in [0, 0.1) is 0 Å². The molecule has 0 radical (unpaired) electrons. The van der Waals surface area contributed by atoms with Gasteiger partial charge in [0.1, 0.15) is 15.9 Å². The lowest BCUT2D eigenvalue weighted by molar-refractivity contribution is 0.0602. The summed E-state index contributed by atoms with van der Waals surface area (Å²) in [5.41, 5.74) is 0. The van der Waals surface area contributed by atoms with Crippen LogP contribution in [0.15, 0.2) is 34.7 Å². The van der Waals surface area contributed by atoms with E-state index in [-0.39, 0.29) is 22.4 Å². The van der Waals surface area contributed by atoms with E-state index in [4.69, 9.17) is 4.74 Å². The minimum absolute atomic E-state index is 0.0282. The highest BCUT2D eigenvalue weighted by atomic mass is 32.2. The number of carbonyl (C=O) groups excluding carboxylic acids is 1. The minimum atomic E-state index is -3.78. The molecule has 1 aliphatic rings. The molecule has 0 bridgehead atoms. The third-order valence-electron chi connectivity index (χ3n) is 3.56. The second-order valence-electron chi connectivity index (χ2n) is 5.06. The maximum Gasteiger partial charge on any atom is 0.349 e.